The van der Waals surface area contributed by atoms with Gasteiger partial charge in [-0.05, 0) is 25.8 Å². The Bertz CT molecular complexity index is 350. The minimum absolute atomic E-state index is 1.01. The molecule has 1 aliphatic rings. The minimum Gasteiger partial charge on any atom is -0.373 e. The Labute approximate surface area is 106 Å². The molecule has 0 radical (unpaired) electrons. The van der Waals surface area contributed by atoms with Crippen molar-refractivity contribution in [2.24, 2.45) is 0 Å². The quantitative estimate of drug-likeness (QED) is 0.669. The van der Waals surface area contributed by atoms with Crippen LogP contribution in [0.15, 0.2) is 48.5 Å². The normalized spacial score (nSPS) is 16.9. The molecule has 1 aliphatic heterocycles. The van der Waals surface area contributed by atoms with Gasteiger partial charge in [0.15, 0.2) is 0 Å². The molecule has 2 nitrogen and oxygen atoms in total. The third kappa shape index (κ3) is 3.26. The van der Waals surface area contributed by atoms with Gasteiger partial charge in [-0.15, -0.1) is 0 Å². The molecule has 0 atom stereocenters. The fraction of sp³-hybridized carbons (Fsp3) is 0.467. The Kier molecular flexibility index (Phi) is 5.08. The van der Waals surface area contributed by atoms with Gasteiger partial charge in [-0.1, -0.05) is 32.2 Å². The maximum atomic E-state index is 4.22. The van der Waals surface area contributed by atoms with Crippen LogP contribution in [0.5, 0.6) is 0 Å². The van der Waals surface area contributed by atoms with Crippen molar-refractivity contribution in [2.45, 2.75) is 26.7 Å². The Hall–Kier alpha value is -1.44. The highest BCUT2D eigenvalue weighted by molar-refractivity contribution is 5.32. The van der Waals surface area contributed by atoms with Gasteiger partial charge >= 0.3 is 0 Å². The average molecular weight is 232 g/mol. The summed E-state index contributed by atoms with van der Waals surface area (Å²) in [4.78, 5) is 4.55. The lowest BCUT2D eigenvalue weighted by Gasteiger charge is -2.36. The minimum atomic E-state index is 1.01. The molecule has 0 aromatic rings. The first-order chi connectivity index (χ1) is 8.11. The van der Waals surface area contributed by atoms with Gasteiger partial charge in [0.05, 0.1) is 11.4 Å². The number of hydrogen-bond acceptors (Lipinski definition) is 2. The molecule has 0 N–H and O–H groups in total. The van der Waals surface area contributed by atoms with Gasteiger partial charge in [0.25, 0.3) is 0 Å². The fourth-order valence-electron chi connectivity index (χ4n) is 2.20. The van der Waals surface area contributed by atoms with Gasteiger partial charge in [0, 0.05) is 25.8 Å². The van der Waals surface area contributed by atoms with Crippen molar-refractivity contribution in [1.29, 1.82) is 0 Å². The summed E-state index contributed by atoms with van der Waals surface area (Å²) in [6.07, 6.45) is 8.38. The highest BCUT2D eigenvalue weighted by atomic mass is 15.2. The highest BCUT2D eigenvalue weighted by Gasteiger charge is 2.19. The van der Waals surface area contributed by atoms with Gasteiger partial charge < -0.3 is 9.80 Å². The van der Waals surface area contributed by atoms with Gasteiger partial charge in [-0.2, -0.15) is 0 Å². The lowest BCUT2D eigenvalue weighted by molar-refractivity contribution is 0.351. The molecule has 94 valence electrons. The Morgan fingerprint density at radius 3 is 2.88 bits per heavy atom. The molecule has 0 aromatic carbocycles. The van der Waals surface area contributed by atoms with Crippen LogP contribution in [0.2, 0.25) is 0 Å². The predicted octanol–water partition coefficient (Wildman–Crippen LogP) is 3.52. The predicted molar refractivity (Wildman–Crippen MR) is 75.4 cm³/mol. The summed E-state index contributed by atoms with van der Waals surface area (Å²) in [5.41, 5.74) is 3.57. The van der Waals surface area contributed by atoms with E-state index < -0.39 is 0 Å². The van der Waals surface area contributed by atoms with E-state index in [1.165, 1.54) is 11.4 Å². The Balaban J connectivity index is 2.84. The van der Waals surface area contributed by atoms with Crippen molar-refractivity contribution in [3.05, 3.63) is 48.5 Å². The summed E-state index contributed by atoms with van der Waals surface area (Å²) >= 11 is 0. The van der Waals surface area contributed by atoms with Crippen LogP contribution >= 0.6 is 0 Å². The number of allylic oxidation sites excluding steroid dienone is 3. The molecule has 0 aliphatic carbocycles. The molecular formula is C15H24N2. The molecule has 0 saturated carbocycles. The summed E-state index contributed by atoms with van der Waals surface area (Å²) in [5.74, 6) is 0. The number of nitrogens with zero attached hydrogens (tertiary/aromatic N) is 2. The molecule has 0 saturated heterocycles. The van der Waals surface area contributed by atoms with E-state index >= 15 is 0 Å². The van der Waals surface area contributed by atoms with Crippen LogP contribution in [0.4, 0.5) is 0 Å². The van der Waals surface area contributed by atoms with Crippen LogP contribution in [0.25, 0.3) is 0 Å². The van der Waals surface area contributed by atoms with Crippen LogP contribution in [-0.4, -0.2) is 29.9 Å². The van der Waals surface area contributed by atoms with Crippen molar-refractivity contribution in [3.8, 4) is 0 Å². The van der Waals surface area contributed by atoms with Crippen LogP contribution in [-0.2, 0) is 0 Å². The largest absolute Gasteiger partial charge is 0.373 e. The first-order valence-electron chi connectivity index (χ1n) is 6.29. The van der Waals surface area contributed by atoms with Crippen LogP contribution in [0.3, 0.4) is 0 Å². The second-order valence-electron chi connectivity index (χ2n) is 4.44. The van der Waals surface area contributed by atoms with E-state index in [-0.39, 0.29) is 0 Å². The molecule has 0 aromatic heterocycles. The van der Waals surface area contributed by atoms with E-state index in [0.29, 0.717) is 0 Å². The zero-order chi connectivity index (χ0) is 12.8. The van der Waals surface area contributed by atoms with Gasteiger partial charge in [0.2, 0.25) is 0 Å². The monoisotopic (exact) mass is 232 g/mol. The molecule has 17 heavy (non-hydrogen) atoms. The number of likely N-dealkylation sites (N-methyl/N-ethyl adjacent to an activating group) is 1. The third-order valence-corrected chi connectivity index (χ3v) is 3.07. The van der Waals surface area contributed by atoms with Gasteiger partial charge in [-0.25, -0.2) is 0 Å². The zero-order valence-corrected chi connectivity index (χ0v) is 11.4. The molecule has 0 amide bonds. The Morgan fingerprint density at radius 1 is 1.59 bits per heavy atom. The van der Waals surface area contributed by atoms with Crippen molar-refractivity contribution in [1.82, 2.24) is 9.80 Å². The molecular weight excluding hydrogens is 208 g/mol. The van der Waals surface area contributed by atoms with E-state index in [0.717, 1.165) is 31.6 Å². The van der Waals surface area contributed by atoms with Crippen molar-refractivity contribution >= 4 is 0 Å². The zero-order valence-electron chi connectivity index (χ0n) is 11.4. The summed E-state index contributed by atoms with van der Waals surface area (Å²) in [6, 6.07) is 0. The van der Waals surface area contributed by atoms with Crippen LogP contribution in [0, 0.1) is 0 Å². The van der Waals surface area contributed by atoms with Crippen molar-refractivity contribution < 1.29 is 0 Å². The third-order valence-electron chi connectivity index (χ3n) is 3.07. The van der Waals surface area contributed by atoms with Crippen molar-refractivity contribution in [2.75, 3.05) is 20.1 Å². The fourth-order valence-corrected chi connectivity index (χ4v) is 2.20. The van der Waals surface area contributed by atoms with E-state index in [2.05, 4.69) is 49.9 Å². The highest BCUT2D eigenvalue weighted by Crippen LogP contribution is 2.26. The first kappa shape index (κ1) is 13.6. The molecule has 0 spiro atoms. The second-order valence-corrected chi connectivity index (χ2v) is 4.44. The maximum Gasteiger partial charge on any atom is 0.0569 e. The molecule has 0 unspecified atom stereocenters. The Morgan fingerprint density at radius 2 is 2.29 bits per heavy atom. The lowest BCUT2D eigenvalue weighted by Crippen LogP contribution is -2.32. The summed E-state index contributed by atoms with van der Waals surface area (Å²) < 4.78 is 0. The van der Waals surface area contributed by atoms with E-state index in [1.54, 1.807) is 0 Å². The molecule has 1 heterocycles. The maximum absolute atomic E-state index is 4.22. The standard InChI is InChI=1S/C15H24N2/c1-6-9-13(3)17-12-8-10-15(14(17)4)16(5)11-7-2/h6,9-10H,1,4,7-8,11-12H2,2-3,5H3. The first-order valence-corrected chi connectivity index (χ1v) is 6.29. The SMILES string of the molecule is C=CC=C(C)N1CCC=C(N(C)CCC)C1=C. The number of hydrogen-bond donors (Lipinski definition) is 0. The van der Waals surface area contributed by atoms with E-state index in [4.69, 9.17) is 0 Å². The number of rotatable bonds is 5. The van der Waals surface area contributed by atoms with E-state index in [1.807, 2.05) is 12.2 Å². The summed E-state index contributed by atoms with van der Waals surface area (Å²) in [6.45, 7) is 14.4. The topological polar surface area (TPSA) is 6.48 Å². The van der Waals surface area contributed by atoms with Crippen LogP contribution in [0.1, 0.15) is 26.7 Å². The van der Waals surface area contributed by atoms with Gasteiger partial charge in [-0.3, -0.25) is 0 Å². The average Bonchev–Trinajstić information content (AvgIpc) is 2.29. The summed E-state index contributed by atoms with van der Waals surface area (Å²) in [5, 5.41) is 0. The molecule has 0 fully saturated rings. The van der Waals surface area contributed by atoms with Crippen molar-refractivity contribution in [3.63, 3.8) is 0 Å². The van der Waals surface area contributed by atoms with E-state index in [9.17, 15) is 0 Å². The lowest BCUT2D eigenvalue weighted by atomic mass is 10.1. The molecule has 1 rings (SSSR count). The smallest absolute Gasteiger partial charge is 0.0569 e. The molecule has 0 bridgehead atoms. The van der Waals surface area contributed by atoms with Crippen LogP contribution < -0.4 is 0 Å². The van der Waals surface area contributed by atoms with Gasteiger partial charge in [0.1, 0.15) is 0 Å². The molecule has 2 heteroatoms. The second kappa shape index (κ2) is 6.33. The summed E-state index contributed by atoms with van der Waals surface area (Å²) in [7, 11) is 2.14.